The zero-order valence-corrected chi connectivity index (χ0v) is 22.8. The zero-order chi connectivity index (χ0) is 28.2. The molecule has 214 valence electrons. The number of unbranched alkanes of at least 4 members (excludes halogenated alkanes) is 1. The van der Waals surface area contributed by atoms with E-state index in [9.17, 15) is 23.5 Å². The van der Waals surface area contributed by atoms with Gasteiger partial charge in [-0.1, -0.05) is 25.8 Å². The van der Waals surface area contributed by atoms with Crippen molar-refractivity contribution < 1.29 is 28.2 Å². The summed E-state index contributed by atoms with van der Waals surface area (Å²) in [7, 11) is 0. The second kappa shape index (κ2) is 15.4. The standard InChI is InChI=1S/C29H40F2N4O4/c1-3-4-5-20(2)35(27(38)10-13-32-11-8-21-16-23(30)18-24(31)17-21)15-14-33-12-9-22-6-7-25(36)28-29(22)39-19-26(37)34-28/h6-7,16-18,20,32-33,36H,3-5,8-15,19H2,1-2H3,(H,34,37). The van der Waals surface area contributed by atoms with Crippen molar-refractivity contribution in [3.05, 3.63) is 53.1 Å². The van der Waals surface area contributed by atoms with Crippen LogP contribution in [0.3, 0.4) is 0 Å². The van der Waals surface area contributed by atoms with E-state index < -0.39 is 11.6 Å². The minimum atomic E-state index is -0.588. The van der Waals surface area contributed by atoms with Crippen molar-refractivity contribution in [2.45, 2.75) is 58.4 Å². The van der Waals surface area contributed by atoms with Crippen LogP contribution >= 0.6 is 0 Å². The molecule has 0 saturated heterocycles. The molecular formula is C29H40F2N4O4. The molecule has 0 aromatic heterocycles. The van der Waals surface area contributed by atoms with Gasteiger partial charge in [-0.25, -0.2) is 8.78 Å². The molecule has 1 heterocycles. The molecule has 0 bridgehead atoms. The van der Waals surface area contributed by atoms with Crippen molar-refractivity contribution in [2.24, 2.45) is 0 Å². The molecule has 39 heavy (non-hydrogen) atoms. The van der Waals surface area contributed by atoms with Gasteiger partial charge >= 0.3 is 0 Å². The van der Waals surface area contributed by atoms with Crippen LogP contribution in [-0.2, 0) is 22.4 Å². The summed E-state index contributed by atoms with van der Waals surface area (Å²) in [6.07, 6.45) is 4.50. The molecule has 2 amide bonds. The lowest BCUT2D eigenvalue weighted by Crippen LogP contribution is -2.43. The molecule has 10 heteroatoms. The van der Waals surface area contributed by atoms with E-state index in [0.29, 0.717) is 69.0 Å². The fourth-order valence-corrected chi connectivity index (χ4v) is 4.66. The van der Waals surface area contributed by atoms with Crippen LogP contribution in [-0.4, -0.2) is 67.2 Å². The van der Waals surface area contributed by atoms with E-state index >= 15 is 0 Å². The van der Waals surface area contributed by atoms with E-state index in [0.717, 1.165) is 30.9 Å². The van der Waals surface area contributed by atoms with Crippen molar-refractivity contribution in [1.82, 2.24) is 15.5 Å². The zero-order valence-electron chi connectivity index (χ0n) is 22.8. The molecule has 1 unspecified atom stereocenters. The van der Waals surface area contributed by atoms with E-state index in [1.54, 1.807) is 12.1 Å². The van der Waals surface area contributed by atoms with Crippen LogP contribution in [0.15, 0.2) is 30.3 Å². The molecule has 1 atom stereocenters. The number of aromatic hydroxyl groups is 1. The maximum Gasteiger partial charge on any atom is 0.262 e. The third-order valence-electron chi connectivity index (χ3n) is 6.79. The quantitative estimate of drug-likeness (QED) is 0.189. The number of phenols is 1. The minimum Gasteiger partial charge on any atom is -0.506 e. The summed E-state index contributed by atoms with van der Waals surface area (Å²) in [6.45, 7) is 6.98. The predicted molar refractivity (Wildman–Crippen MR) is 147 cm³/mol. The average molecular weight is 547 g/mol. The van der Waals surface area contributed by atoms with Crippen LogP contribution in [0.1, 0.15) is 50.7 Å². The largest absolute Gasteiger partial charge is 0.506 e. The molecule has 0 fully saturated rings. The van der Waals surface area contributed by atoms with Crippen molar-refractivity contribution in [1.29, 1.82) is 0 Å². The summed E-state index contributed by atoms with van der Waals surface area (Å²) in [5.74, 6) is -0.933. The van der Waals surface area contributed by atoms with Gasteiger partial charge < -0.3 is 30.7 Å². The van der Waals surface area contributed by atoms with Gasteiger partial charge in [0.2, 0.25) is 5.91 Å². The van der Waals surface area contributed by atoms with Gasteiger partial charge in [-0.15, -0.1) is 0 Å². The maximum absolute atomic E-state index is 13.3. The van der Waals surface area contributed by atoms with E-state index in [-0.39, 0.29) is 30.2 Å². The summed E-state index contributed by atoms with van der Waals surface area (Å²) >= 11 is 0. The van der Waals surface area contributed by atoms with Crippen LogP contribution in [0.5, 0.6) is 11.5 Å². The number of hydrogen-bond donors (Lipinski definition) is 4. The summed E-state index contributed by atoms with van der Waals surface area (Å²) in [5.41, 5.74) is 1.77. The van der Waals surface area contributed by atoms with Gasteiger partial charge in [0.25, 0.3) is 5.91 Å². The first-order valence-electron chi connectivity index (χ1n) is 13.7. The summed E-state index contributed by atoms with van der Waals surface area (Å²) in [6, 6.07) is 6.95. The lowest BCUT2D eigenvalue weighted by molar-refractivity contribution is -0.133. The van der Waals surface area contributed by atoms with E-state index in [2.05, 4.69) is 29.8 Å². The Bertz CT molecular complexity index is 1090. The molecule has 2 aromatic carbocycles. The number of carbonyl (C=O) groups excluding carboxylic acids is 2. The van der Waals surface area contributed by atoms with Crippen LogP contribution in [0.25, 0.3) is 0 Å². The Morgan fingerprint density at radius 2 is 1.82 bits per heavy atom. The van der Waals surface area contributed by atoms with Gasteiger partial charge in [0, 0.05) is 38.2 Å². The van der Waals surface area contributed by atoms with E-state index in [1.165, 1.54) is 12.1 Å². The van der Waals surface area contributed by atoms with Crippen molar-refractivity contribution in [3.8, 4) is 11.5 Å². The van der Waals surface area contributed by atoms with Gasteiger partial charge in [0.1, 0.15) is 23.1 Å². The summed E-state index contributed by atoms with van der Waals surface area (Å²) in [4.78, 5) is 26.6. The second-order valence-electron chi connectivity index (χ2n) is 9.89. The molecule has 0 aliphatic carbocycles. The highest BCUT2D eigenvalue weighted by Gasteiger charge is 2.22. The van der Waals surface area contributed by atoms with Gasteiger partial charge in [-0.05, 0) is 68.6 Å². The molecule has 4 N–H and O–H groups in total. The van der Waals surface area contributed by atoms with Crippen molar-refractivity contribution in [2.75, 3.05) is 44.6 Å². The Hall–Kier alpha value is -3.24. The third-order valence-corrected chi connectivity index (χ3v) is 6.79. The Labute approximate surface area is 229 Å². The fourth-order valence-electron chi connectivity index (χ4n) is 4.66. The number of ether oxygens (including phenoxy) is 1. The number of nitrogens with one attached hydrogen (secondary N) is 3. The number of amides is 2. The smallest absolute Gasteiger partial charge is 0.262 e. The molecule has 8 nitrogen and oxygen atoms in total. The molecule has 0 spiro atoms. The number of fused-ring (bicyclic) bond motifs is 1. The first-order valence-corrected chi connectivity index (χ1v) is 13.7. The second-order valence-corrected chi connectivity index (χ2v) is 9.89. The first kappa shape index (κ1) is 30.3. The molecular weight excluding hydrogens is 506 g/mol. The highest BCUT2D eigenvalue weighted by atomic mass is 19.1. The van der Waals surface area contributed by atoms with Gasteiger partial charge in [-0.2, -0.15) is 0 Å². The van der Waals surface area contributed by atoms with Crippen molar-refractivity contribution >= 4 is 17.5 Å². The number of rotatable bonds is 16. The molecule has 0 radical (unpaired) electrons. The lowest BCUT2D eigenvalue weighted by atomic mass is 10.1. The molecule has 1 aliphatic heterocycles. The molecule has 3 rings (SSSR count). The van der Waals surface area contributed by atoms with Crippen LogP contribution in [0.4, 0.5) is 14.5 Å². The predicted octanol–water partition coefficient (Wildman–Crippen LogP) is 3.76. The topological polar surface area (TPSA) is 103 Å². The van der Waals surface area contributed by atoms with E-state index in [4.69, 9.17) is 4.74 Å². The Balaban J connectivity index is 1.43. The van der Waals surface area contributed by atoms with Crippen LogP contribution < -0.4 is 20.7 Å². The lowest BCUT2D eigenvalue weighted by Gasteiger charge is -2.30. The molecule has 0 saturated carbocycles. The van der Waals surface area contributed by atoms with Crippen LogP contribution in [0, 0.1) is 11.6 Å². The Morgan fingerprint density at radius 1 is 1.10 bits per heavy atom. The number of anilines is 1. The fraction of sp³-hybridized carbons (Fsp3) is 0.517. The normalized spacial score (nSPS) is 13.4. The molecule has 1 aliphatic rings. The van der Waals surface area contributed by atoms with E-state index in [1.807, 2.05) is 4.90 Å². The number of halogens is 2. The minimum absolute atomic E-state index is 0.0256. The van der Waals surface area contributed by atoms with Crippen molar-refractivity contribution in [3.63, 3.8) is 0 Å². The van der Waals surface area contributed by atoms with Gasteiger partial charge in [0.05, 0.1) is 0 Å². The Kier molecular flexibility index (Phi) is 11.9. The van der Waals surface area contributed by atoms with Gasteiger partial charge in [-0.3, -0.25) is 9.59 Å². The average Bonchev–Trinajstić information content (AvgIpc) is 2.89. The third kappa shape index (κ3) is 9.47. The number of carbonyl (C=O) groups is 2. The molecule has 2 aromatic rings. The first-order chi connectivity index (χ1) is 18.8. The Morgan fingerprint density at radius 3 is 2.56 bits per heavy atom. The number of nitrogens with zero attached hydrogens (tertiary/aromatic N) is 1. The highest BCUT2D eigenvalue weighted by molar-refractivity contribution is 5.97. The number of hydrogen-bond acceptors (Lipinski definition) is 6. The SMILES string of the molecule is CCCCC(C)N(CCNCCc1ccc(O)c2c1OCC(=O)N2)C(=O)CCNCCc1cc(F)cc(F)c1. The van der Waals surface area contributed by atoms with Gasteiger partial charge in [0.15, 0.2) is 12.4 Å². The monoisotopic (exact) mass is 546 g/mol. The summed E-state index contributed by atoms with van der Waals surface area (Å²) < 4.78 is 32.2. The maximum atomic E-state index is 13.3. The number of phenolic OH excluding ortho intramolecular Hbond substituents is 1. The summed E-state index contributed by atoms with van der Waals surface area (Å²) in [5, 5.41) is 19.3. The number of benzene rings is 2. The van der Waals surface area contributed by atoms with Crippen LogP contribution in [0.2, 0.25) is 0 Å². The highest BCUT2D eigenvalue weighted by Crippen LogP contribution is 2.39.